The summed E-state index contributed by atoms with van der Waals surface area (Å²) < 4.78 is 0. The highest BCUT2D eigenvalue weighted by Crippen LogP contribution is 2.39. The van der Waals surface area contributed by atoms with E-state index in [1.807, 2.05) is 18.2 Å². The van der Waals surface area contributed by atoms with Crippen LogP contribution in [0.5, 0.6) is 0 Å². The van der Waals surface area contributed by atoms with Crippen LogP contribution in [0.4, 0.5) is 5.00 Å². The largest absolute Gasteiger partial charge is 0.355 e. The average Bonchev–Trinajstić information content (AvgIpc) is 3.15. The van der Waals surface area contributed by atoms with E-state index < -0.39 is 0 Å². The Morgan fingerprint density at radius 3 is 2.23 bits per heavy atom. The van der Waals surface area contributed by atoms with Gasteiger partial charge in [0.25, 0.3) is 11.8 Å². The lowest BCUT2D eigenvalue weighted by Gasteiger charge is -2.18. The molecule has 1 aliphatic carbocycles. The van der Waals surface area contributed by atoms with Gasteiger partial charge < -0.3 is 10.6 Å². The third-order valence-electron chi connectivity index (χ3n) is 5.64. The highest BCUT2D eigenvalue weighted by molar-refractivity contribution is 7.17. The molecule has 2 aromatic carbocycles. The molecule has 0 unspecified atom stereocenters. The first kappa shape index (κ1) is 21.0. The zero-order chi connectivity index (χ0) is 22.0. The molecule has 1 atom stereocenters. The van der Waals surface area contributed by atoms with Crippen molar-refractivity contribution >= 4 is 33.9 Å². The van der Waals surface area contributed by atoms with Crippen molar-refractivity contribution in [2.24, 2.45) is 5.92 Å². The van der Waals surface area contributed by atoms with Gasteiger partial charge in [0.15, 0.2) is 5.78 Å². The molecule has 0 fully saturated rings. The minimum absolute atomic E-state index is 0.0884. The Labute approximate surface area is 185 Å². The Bertz CT molecular complexity index is 1130. The third kappa shape index (κ3) is 4.30. The van der Waals surface area contributed by atoms with E-state index in [9.17, 15) is 14.4 Å². The van der Waals surface area contributed by atoms with Crippen LogP contribution >= 0.6 is 11.3 Å². The molecule has 4 rings (SSSR count). The van der Waals surface area contributed by atoms with Crippen molar-refractivity contribution in [3.63, 3.8) is 0 Å². The summed E-state index contributed by atoms with van der Waals surface area (Å²) in [6.45, 7) is 2.21. The number of rotatable bonds is 5. The van der Waals surface area contributed by atoms with E-state index in [0.29, 0.717) is 33.2 Å². The van der Waals surface area contributed by atoms with Crippen molar-refractivity contribution in [2.45, 2.75) is 26.2 Å². The number of anilines is 1. The number of ketones is 1. The number of thiophene rings is 1. The molecular weight excluding hydrogens is 408 g/mol. The highest BCUT2D eigenvalue weighted by Gasteiger charge is 2.28. The fraction of sp³-hybridized carbons (Fsp3) is 0.240. The normalized spacial score (nSPS) is 15.1. The fourth-order valence-corrected chi connectivity index (χ4v) is 5.31. The Balaban J connectivity index is 1.56. The topological polar surface area (TPSA) is 75.3 Å². The lowest BCUT2D eigenvalue weighted by Crippen LogP contribution is -2.22. The molecule has 1 aliphatic rings. The van der Waals surface area contributed by atoms with Crippen LogP contribution in [0.25, 0.3) is 0 Å². The number of carbonyl (C=O) groups excluding carboxylic acids is 3. The molecular formula is C25H24N2O3S. The molecule has 3 aromatic rings. The van der Waals surface area contributed by atoms with E-state index in [1.165, 1.54) is 16.2 Å². The molecule has 1 aromatic heterocycles. The second-order valence-corrected chi connectivity index (χ2v) is 8.97. The SMILES string of the molecule is CNC(=O)c1c(NC(=O)c2ccc(C(=O)c3ccccc3)cc2)sc2c1CC[C@H](C)C2. The second-order valence-electron chi connectivity index (χ2n) is 7.86. The van der Waals surface area contributed by atoms with E-state index in [1.54, 1.807) is 43.4 Å². The summed E-state index contributed by atoms with van der Waals surface area (Å²) in [6, 6.07) is 15.6. The molecule has 1 heterocycles. The summed E-state index contributed by atoms with van der Waals surface area (Å²) >= 11 is 1.49. The molecule has 5 nitrogen and oxygen atoms in total. The monoisotopic (exact) mass is 432 g/mol. The number of amides is 2. The first-order valence-corrected chi connectivity index (χ1v) is 11.2. The zero-order valence-corrected chi connectivity index (χ0v) is 18.3. The predicted molar refractivity (Wildman–Crippen MR) is 123 cm³/mol. The van der Waals surface area contributed by atoms with Crippen molar-refractivity contribution in [3.8, 4) is 0 Å². The molecule has 2 N–H and O–H groups in total. The Kier molecular flexibility index (Phi) is 6.00. The van der Waals surface area contributed by atoms with Gasteiger partial charge in [-0.1, -0.05) is 49.4 Å². The maximum absolute atomic E-state index is 12.9. The van der Waals surface area contributed by atoms with E-state index in [2.05, 4.69) is 17.6 Å². The maximum Gasteiger partial charge on any atom is 0.256 e. The van der Waals surface area contributed by atoms with Crippen LogP contribution in [0.2, 0.25) is 0 Å². The van der Waals surface area contributed by atoms with E-state index in [4.69, 9.17) is 0 Å². The van der Waals surface area contributed by atoms with Crippen molar-refractivity contribution in [3.05, 3.63) is 87.3 Å². The number of nitrogens with one attached hydrogen (secondary N) is 2. The van der Waals surface area contributed by atoms with Gasteiger partial charge >= 0.3 is 0 Å². The summed E-state index contributed by atoms with van der Waals surface area (Å²) in [4.78, 5) is 39.2. The lowest BCUT2D eigenvalue weighted by molar-refractivity contribution is 0.0962. The molecule has 0 bridgehead atoms. The molecule has 2 amide bonds. The van der Waals surface area contributed by atoms with Gasteiger partial charge in [0.05, 0.1) is 5.56 Å². The fourth-order valence-electron chi connectivity index (χ4n) is 3.91. The predicted octanol–water partition coefficient (Wildman–Crippen LogP) is 4.72. The summed E-state index contributed by atoms with van der Waals surface area (Å²) in [5.41, 5.74) is 3.20. The van der Waals surface area contributed by atoms with E-state index >= 15 is 0 Å². The zero-order valence-electron chi connectivity index (χ0n) is 17.5. The molecule has 0 spiro atoms. The quantitative estimate of drug-likeness (QED) is 0.573. The number of benzene rings is 2. The molecule has 0 radical (unpaired) electrons. The van der Waals surface area contributed by atoms with Gasteiger partial charge in [0, 0.05) is 28.6 Å². The minimum atomic E-state index is -0.296. The van der Waals surface area contributed by atoms with Gasteiger partial charge in [0.2, 0.25) is 0 Å². The molecule has 31 heavy (non-hydrogen) atoms. The minimum Gasteiger partial charge on any atom is -0.355 e. The van der Waals surface area contributed by atoms with E-state index in [-0.39, 0.29) is 17.6 Å². The van der Waals surface area contributed by atoms with Crippen molar-refractivity contribution < 1.29 is 14.4 Å². The molecule has 6 heteroatoms. The van der Waals surface area contributed by atoms with Crippen LogP contribution in [-0.2, 0) is 12.8 Å². The summed E-state index contributed by atoms with van der Waals surface area (Å²) in [5.74, 6) is 0.0121. The summed E-state index contributed by atoms with van der Waals surface area (Å²) in [5, 5.41) is 6.22. The Hall–Kier alpha value is -3.25. The van der Waals surface area contributed by atoms with Crippen molar-refractivity contribution in [1.29, 1.82) is 0 Å². The van der Waals surface area contributed by atoms with Crippen LogP contribution in [0.3, 0.4) is 0 Å². The second kappa shape index (κ2) is 8.86. The number of fused-ring (bicyclic) bond motifs is 1. The first-order valence-electron chi connectivity index (χ1n) is 10.4. The highest BCUT2D eigenvalue weighted by atomic mass is 32.1. The first-order chi connectivity index (χ1) is 15.0. The maximum atomic E-state index is 12.9. The van der Waals surface area contributed by atoms with Gasteiger partial charge in [-0.3, -0.25) is 14.4 Å². The van der Waals surface area contributed by atoms with Gasteiger partial charge in [-0.15, -0.1) is 11.3 Å². The number of hydrogen-bond donors (Lipinski definition) is 2. The van der Waals surface area contributed by atoms with Gasteiger partial charge in [-0.25, -0.2) is 0 Å². The number of carbonyl (C=O) groups is 3. The van der Waals surface area contributed by atoms with Crippen LogP contribution in [0.1, 0.15) is 60.4 Å². The summed E-state index contributed by atoms with van der Waals surface area (Å²) in [7, 11) is 1.60. The Morgan fingerprint density at radius 1 is 0.903 bits per heavy atom. The Morgan fingerprint density at radius 2 is 1.55 bits per heavy atom. The summed E-state index contributed by atoms with van der Waals surface area (Å²) in [6.07, 6.45) is 2.82. The lowest BCUT2D eigenvalue weighted by atomic mass is 9.88. The van der Waals surface area contributed by atoms with Crippen molar-refractivity contribution in [1.82, 2.24) is 5.32 Å². The van der Waals surface area contributed by atoms with Crippen LogP contribution in [-0.4, -0.2) is 24.6 Å². The number of hydrogen-bond acceptors (Lipinski definition) is 4. The van der Waals surface area contributed by atoms with Crippen molar-refractivity contribution in [2.75, 3.05) is 12.4 Å². The van der Waals surface area contributed by atoms with Crippen LogP contribution in [0.15, 0.2) is 54.6 Å². The molecule has 0 saturated carbocycles. The van der Waals surface area contributed by atoms with Crippen LogP contribution < -0.4 is 10.6 Å². The smallest absolute Gasteiger partial charge is 0.256 e. The van der Waals surface area contributed by atoms with E-state index in [0.717, 1.165) is 24.8 Å². The molecule has 158 valence electrons. The van der Waals surface area contributed by atoms with Gasteiger partial charge in [0.1, 0.15) is 5.00 Å². The van der Waals surface area contributed by atoms with Gasteiger partial charge in [-0.05, 0) is 42.9 Å². The molecule has 0 aliphatic heterocycles. The standard InChI is InChI=1S/C25H24N2O3S/c1-15-8-13-19-20(14-15)31-25(21(19)24(30)26-2)27-23(29)18-11-9-17(10-12-18)22(28)16-6-4-3-5-7-16/h3-7,9-12,15H,8,13-14H2,1-2H3,(H,26,30)(H,27,29)/t15-/m0/s1. The van der Waals surface area contributed by atoms with Crippen LogP contribution in [0, 0.1) is 5.92 Å². The van der Waals surface area contributed by atoms with Gasteiger partial charge in [-0.2, -0.15) is 0 Å². The average molecular weight is 433 g/mol. The third-order valence-corrected chi connectivity index (χ3v) is 6.81. The molecule has 0 saturated heterocycles.